The lowest BCUT2D eigenvalue weighted by molar-refractivity contribution is 0.332. The van der Waals surface area contributed by atoms with Crippen LogP contribution in [0, 0.1) is 0 Å². The van der Waals surface area contributed by atoms with Crippen LogP contribution in [-0.2, 0) is 16.2 Å². The van der Waals surface area contributed by atoms with E-state index in [-0.39, 0.29) is 23.1 Å². The van der Waals surface area contributed by atoms with Crippen LogP contribution in [0.1, 0.15) is 78.0 Å². The maximum absolute atomic E-state index is 5.39. The van der Waals surface area contributed by atoms with Crippen molar-refractivity contribution in [1.82, 2.24) is 9.55 Å². The Kier molecular flexibility index (Phi) is 7.10. The van der Waals surface area contributed by atoms with E-state index in [1.54, 1.807) is 11.3 Å². The van der Waals surface area contributed by atoms with E-state index in [1.165, 1.54) is 115 Å². The van der Waals surface area contributed by atoms with Gasteiger partial charge in [-0.15, -0.1) is 22.7 Å². The van der Waals surface area contributed by atoms with E-state index in [4.69, 9.17) is 4.98 Å². The van der Waals surface area contributed by atoms with Crippen molar-refractivity contribution in [2.75, 3.05) is 4.81 Å². The molecule has 5 heterocycles. The van der Waals surface area contributed by atoms with Gasteiger partial charge >= 0.3 is 6.85 Å². The Hall–Kier alpha value is -5.69. The van der Waals surface area contributed by atoms with E-state index in [0.717, 1.165) is 16.1 Å². The molecule has 1 aliphatic carbocycles. The third kappa shape index (κ3) is 4.95. The number of hydrogen-bond donors (Lipinski definition) is 0. The van der Waals surface area contributed by atoms with Crippen molar-refractivity contribution in [3.63, 3.8) is 0 Å². The standard InChI is InChI=1S/C55H46BN3S2/c1-53(2,3)32-17-19-33(20-18-32)59-45-27-41-40(54(4,5)23-24-55(41,6)7)26-38(45)35-21-22-36-37-25-39-34-15-11-12-16-47(34)60-48(39)29-44(37)58-46-30-49-43(28-42(46)56(59)50(35)51(36)58)57-52(61-49)31-13-9-8-10-14-31/h8-22,25-30H,23-24H2,1-7H3. The molecule has 6 heteroatoms. The molecular formula is C55H46BN3S2. The summed E-state index contributed by atoms with van der Waals surface area (Å²) >= 11 is 3.71. The lowest BCUT2D eigenvalue weighted by atomic mass is 9.43. The molecule has 0 N–H and O–H groups in total. The van der Waals surface area contributed by atoms with Crippen LogP contribution in [0.4, 0.5) is 11.4 Å². The molecule has 0 amide bonds. The molecule has 13 rings (SSSR count). The average Bonchev–Trinajstić information content (AvgIpc) is 3.94. The molecule has 3 aromatic heterocycles. The first kappa shape index (κ1) is 36.0. The van der Waals surface area contributed by atoms with Crippen molar-refractivity contribution in [3.8, 4) is 27.4 Å². The molecule has 0 saturated carbocycles. The van der Waals surface area contributed by atoms with Crippen LogP contribution in [0.5, 0.6) is 0 Å². The molecule has 0 atom stereocenters. The van der Waals surface area contributed by atoms with E-state index in [0.29, 0.717) is 0 Å². The molecule has 0 unspecified atom stereocenters. The summed E-state index contributed by atoms with van der Waals surface area (Å²) in [5.41, 5.74) is 18.5. The number of nitrogens with zero attached hydrogens (tertiary/aromatic N) is 3. The van der Waals surface area contributed by atoms with Gasteiger partial charge in [0.1, 0.15) is 5.01 Å². The third-order valence-corrected chi connectivity index (χ3v) is 16.8. The van der Waals surface area contributed by atoms with Gasteiger partial charge in [0.05, 0.1) is 21.3 Å². The number of aromatic nitrogens is 2. The highest BCUT2D eigenvalue weighted by atomic mass is 32.1. The highest BCUT2D eigenvalue weighted by Crippen LogP contribution is 2.53. The Morgan fingerprint density at radius 2 is 1.34 bits per heavy atom. The van der Waals surface area contributed by atoms with Gasteiger partial charge in [0.25, 0.3) is 0 Å². The molecule has 0 radical (unpaired) electrons. The minimum atomic E-state index is -0.0653. The van der Waals surface area contributed by atoms with E-state index in [9.17, 15) is 0 Å². The quantitative estimate of drug-likeness (QED) is 0.162. The van der Waals surface area contributed by atoms with Crippen LogP contribution in [0.2, 0.25) is 0 Å². The van der Waals surface area contributed by atoms with Gasteiger partial charge in [-0.3, -0.25) is 0 Å². The Balaban J connectivity index is 1.19. The molecule has 3 nitrogen and oxygen atoms in total. The van der Waals surface area contributed by atoms with Gasteiger partial charge in [-0.05, 0) is 117 Å². The molecule has 61 heavy (non-hydrogen) atoms. The normalized spacial score (nSPS) is 16.2. The smallest absolute Gasteiger partial charge is 0.333 e. The molecule has 0 bridgehead atoms. The lowest BCUT2D eigenvalue weighted by Gasteiger charge is -2.46. The highest BCUT2D eigenvalue weighted by molar-refractivity contribution is 7.26. The summed E-state index contributed by atoms with van der Waals surface area (Å²) in [7, 11) is 0. The van der Waals surface area contributed by atoms with E-state index < -0.39 is 0 Å². The predicted octanol–water partition coefficient (Wildman–Crippen LogP) is 14.3. The molecule has 296 valence electrons. The fourth-order valence-electron chi connectivity index (χ4n) is 11.2. The van der Waals surface area contributed by atoms with Crippen LogP contribution in [0.25, 0.3) is 79.6 Å². The summed E-state index contributed by atoms with van der Waals surface area (Å²) in [6, 6.07) is 49.1. The summed E-state index contributed by atoms with van der Waals surface area (Å²) in [6.07, 6.45) is 2.36. The zero-order valence-corrected chi connectivity index (χ0v) is 37.4. The largest absolute Gasteiger partial charge is 0.376 e. The highest BCUT2D eigenvalue weighted by Gasteiger charge is 2.46. The van der Waals surface area contributed by atoms with Gasteiger partial charge in [-0.2, -0.15) is 0 Å². The minimum Gasteiger partial charge on any atom is -0.376 e. The molecule has 0 saturated heterocycles. The monoisotopic (exact) mass is 823 g/mol. The maximum atomic E-state index is 5.39. The number of rotatable bonds is 2. The molecule has 0 spiro atoms. The number of benzene rings is 7. The second kappa shape index (κ2) is 12.0. The van der Waals surface area contributed by atoms with Gasteiger partial charge in [-0.25, -0.2) is 4.98 Å². The first-order chi connectivity index (χ1) is 29.3. The summed E-state index contributed by atoms with van der Waals surface area (Å²) < 4.78 is 6.52. The minimum absolute atomic E-state index is 0.0515. The Morgan fingerprint density at radius 1 is 0.607 bits per heavy atom. The Bertz CT molecular complexity index is 3520. The van der Waals surface area contributed by atoms with Crippen molar-refractivity contribution in [2.24, 2.45) is 0 Å². The van der Waals surface area contributed by atoms with Crippen molar-refractivity contribution in [2.45, 2.75) is 77.6 Å². The number of fused-ring (bicyclic) bond motifs is 13. The number of thiophene rings is 1. The fourth-order valence-corrected chi connectivity index (χ4v) is 13.3. The zero-order valence-electron chi connectivity index (χ0n) is 35.8. The zero-order chi connectivity index (χ0) is 41.3. The average molecular weight is 824 g/mol. The fraction of sp³-hybridized carbons (Fsp3) is 0.218. The van der Waals surface area contributed by atoms with Crippen molar-refractivity contribution >= 4 is 104 Å². The van der Waals surface area contributed by atoms with Gasteiger partial charge < -0.3 is 9.38 Å². The van der Waals surface area contributed by atoms with Crippen LogP contribution >= 0.6 is 22.7 Å². The molecule has 2 aliphatic heterocycles. The molecule has 3 aliphatic rings. The van der Waals surface area contributed by atoms with Gasteiger partial charge in [0, 0.05) is 59.1 Å². The van der Waals surface area contributed by atoms with E-state index in [2.05, 4.69) is 185 Å². The number of hydrogen-bond acceptors (Lipinski definition) is 4. The van der Waals surface area contributed by atoms with Crippen molar-refractivity contribution in [1.29, 1.82) is 0 Å². The van der Waals surface area contributed by atoms with Crippen LogP contribution in [0.15, 0.2) is 127 Å². The van der Waals surface area contributed by atoms with Crippen molar-refractivity contribution in [3.05, 3.63) is 144 Å². The van der Waals surface area contributed by atoms with Gasteiger partial charge in [-0.1, -0.05) is 121 Å². The SMILES string of the molecule is CC(C)(C)c1ccc(N2B3c4cc5nc(-c6ccccc6)sc5cc4-n4c5cc6sc7ccccc7c6cc5c5ccc(c3c54)-c3cc4c(cc32)C(C)(C)CCC4(C)C)cc1. The first-order valence-electron chi connectivity index (χ1n) is 21.9. The number of thiazole rings is 1. The van der Waals surface area contributed by atoms with Crippen molar-refractivity contribution < 1.29 is 0 Å². The molecular weight excluding hydrogens is 778 g/mol. The maximum Gasteiger partial charge on any atom is 0.333 e. The summed E-state index contributed by atoms with van der Waals surface area (Å²) in [5, 5.41) is 6.38. The predicted molar refractivity (Wildman–Crippen MR) is 265 cm³/mol. The summed E-state index contributed by atoms with van der Waals surface area (Å²) in [5.74, 6) is 0. The van der Waals surface area contributed by atoms with Crippen LogP contribution < -0.4 is 15.7 Å². The topological polar surface area (TPSA) is 21.1 Å². The van der Waals surface area contributed by atoms with E-state index >= 15 is 0 Å². The van der Waals surface area contributed by atoms with Crippen LogP contribution in [0.3, 0.4) is 0 Å². The summed E-state index contributed by atoms with van der Waals surface area (Å²) in [4.78, 5) is 8.10. The number of anilines is 2. The van der Waals surface area contributed by atoms with Gasteiger partial charge in [0.15, 0.2) is 0 Å². The Labute approximate surface area is 365 Å². The molecule has 10 aromatic rings. The second-order valence-electron chi connectivity index (χ2n) is 20.2. The Morgan fingerprint density at radius 3 is 2.11 bits per heavy atom. The molecule has 7 aromatic carbocycles. The molecule has 0 fully saturated rings. The summed E-state index contributed by atoms with van der Waals surface area (Å²) in [6.45, 7) is 16.7. The first-order valence-corrected chi connectivity index (χ1v) is 23.5. The second-order valence-corrected chi connectivity index (χ2v) is 22.4. The van der Waals surface area contributed by atoms with Crippen LogP contribution in [-0.4, -0.2) is 16.4 Å². The van der Waals surface area contributed by atoms with Gasteiger partial charge in [0.2, 0.25) is 0 Å². The van der Waals surface area contributed by atoms with E-state index in [1.807, 2.05) is 11.3 Å². The third-order valence-electron chi connectivity index (χ3n) is 14.6. The lowest BCUT2D eigenvalue weighted by Crippen LogP contribution is -2.60.